The van der Waals surface area contributed by atoms with Crippen molar-refractivity contribution in [1.82, 2.24) is 4.90 Å². The van der Waals surface area contributed by atoms with Crippen molar-refractivity contribution >= 4 is 33.6 Å². The summed E-state index contributed by atoms with van der Waals surface area (Å²) in [5.41, 5.74) is 0.536. The Kier molecular flexibility index (Phi) is 10.8. The molecule has 7 nitrogen and oxygen atoms in total. The molecule has 0 aliphatic carbocycles. The molecule has 2 amide bonds. The van der Waals surface area contributed by atoms with Gasteiger partial charge < -0.3 is 19.9 Å². The Bertz CT molecular complexity index is 1840. The molecule has 2 N–H and O–H groups in total. The van der Waals surface area contributed by atoms with E-state index in [2.05, 4.69) is 21.2 Å². The van der Waals surface area contributed by atoms with Gasteiger partial charge >= 0.3 is 6.09 Å². The van der Waals surface area contributed by atoms with E-state index in [4.69, 9.17) is 9.47 Å². The molecular formula is C41H38BrFN2O5. The largest absolute Gasteiger partial charge is 0.444 e. The summed E-state index contributed by atoms with van der Waals surface area (Å²) < 4.78 is 27.1. The van der Waals surface area contributed by atoms with E-state index in [1.54, 1.807) is 6.92 Å². The molecule has 4 atom stereocenters. The third-order valence-corrected chi connectivity index (χ3v) is 9.72. The lowest BCUT2D eigenvalue weighted by atomic mass is 9.77. The van der Waals surface area contributed by atoms with Crippen molar-refractivity contribution in [2.45, 2.75) is 49.7 Å². The number of hydrogen-bond acceptors (Lipinski definition) is 6. The number of benzene rings is 5. The first kappa shape index (κ1) is 35.0. The molecule has 5 aromatic rings. The number of hydrogen-bond donors (Lipinski definition) is 2. The zero-order valence-corrected chi connectivity index (χ0v) is 29.1. The van der Waals surface area contributed by atoms with Crippen molar-refractivity contribution in [1.29, 1.82) is 0 Å². The zero-order chi connectivity index (χ0) is 35.1. The van der Waals surface area contributed by atoms with Gasteiger partial charge in [-0.1, -0.05) is 119 Å². The highest BCUT2D eigenvalue weighted by molar-refractivity contribution is 9.10. The van der Waals surface area contributed by atoms with Crippen molar-refractivity contribution in [3.8, 4) is 0 Å². The molecule has 1 aliphatic rings. The molecule has 0 radical (unpaired) electrons. The maximum Gasteiger partial charge on any atom is 0.418 e. The minimum absolute atomic E-state index is 0.0188. The number of nitrogens with one attached hydrogen (secondary N) is 1. The second-order valence-electron chi connectivity index (χ2n) is 12.7. The summed E-state index contributed by atoms with van der Waals surface area (Å²) in [5.74, 6) is -1.84. The Morgan fingerprint density at radius 3 is 2.06 bits per heavy atom. The predicted molar refractivity (Wildman–Crippen MR) is 194 cm³/mol. The number of rotatable bonds is 13. The SMILES string of the molecule is CC(OCc1ccccc1)(C(=O)N1C(=O)OCC1(Cc1ccccc1)Nc1ccccc1)C(CC(O)c1ccc(F)cc1)c1ccc(Br)cc1. The first-order chi connectivity index (χ1) is 24.2. The predicted octanol–water partition coefficient (Wildman–Crippen LogP) is 8.80. The van der Waals surface area contributed by atoms with Gasteiger partial charge in [0.05, 0.1) is 12.7 Å². The van der Waals surface area contributed by atoms with Crippen molar-refractivity contribution < 1.29 is 28.6 Å². The summed E-state index contributed by atoms with van der Waals surface area (Å²) in [4.78, 5) is 30.5. The average molecular weight is 738 g/mol. The first-order valence-electron chi connectivity index (χ1n) is 16.4. The summed E-state index contributed by atoms with van der Waals surface area (Å²) in [6.07, 6.45) is -1.64. The van der Waals surface area contributed by atoms with Crippen LogP contribution in [0.25, 0.3) is 0 Å². The highest BCUT2D eigenvalue weighted by Crippen LogP contribution is 2.43. The molecule has 1 heterocycles. The summed E-state index contributed by atoms with van der Waals surface area (Å²) in [6, 6.07) is 41.5. The number of cyclic esters (lactones) is 1. The zero-order valence-electron chi connectivity index (χ0n) is 27.5. The molecule has 9 heteroatoms. The van der Waals surface area contributed by atoms with Gasteiger partial charge in [-0.2, -0.15) is 0 Å². The minimum atomic E-state index is -1.73. The monoisotopic (exact) mass is 736 g/mol. The third kappa shape index (κ3) is 7.81. The summed E-state index contributed by atoms with van der Waals surface area (Å²) in [5, 5.41) is 15.1. The van der Waals surface area contributed by atoms with Gasteiger partial charge in [0.25, 0.3) is 5.91 Å². The second kappa shape index (κ2) is 15.4. The van der Waals surface area contributed by atoms with E-state index in [0.717, 1.165) is 20.5 Å². The number of carbonyl (C=O) groups is 2. The van der Waals surface area contributed by atoms with E-state index < -0.39 is 41.1 Å². The molecule has 0 spiro atoms. The maximum atomic E-state index is 15.5. The van der Waals surface area contributed by atoms with Crippen molar-refractivity contribution in [2.75, 3.05) is 11.9 Å². The minimum Gasteiger partial charge on any atom is -0.444 e. The van der Waals surface area contributed by atoms with E-state index in [1.807, 2.05) is 115 Å². The molecule has 50 heavy (non-hydrogen) atoms. The van der Waals surface area contributed by atoms with Crippen LogP contribution in [-0.2, 0) is 27.3 Å². The summed E-state index contributed by atoms with van der Waals surface area (Å²) in [6.45, 7) is 1.60. The number of amides is 2. The molecule has 1 saturated heterocycles. The molecular weight excluding hydrogens is 699 g/mol. The Balaban J connectivity index is 1.48. The van der Waals surface area contributed by atoms with Crippen LogP contribution in [0, 0.1) is 5.82 Å². The van der Waals surface area contributed by atoms with Crippen LogP contribution in [-0.4, -0.2) is 39.9 Å². The Hall–Kier alpha value is -4.83. The number of nitrogens with zero attached hydrogens (tertiary/aromatic N) is 1. The number of aliphatic hydroxyl groups excluding tert-OH is 1. The quantitative estimate of drug-likeness (QED) is 0.126. The fraction of sp³-hybridized carbons (Fsp3) is 0.220. The Morgan fingerprint density at radius 1 is 0.880 bits per heavy atom. The Labute approximate surface area is 299 Å². The molecule has 0 aromatic heterocycles. The van der Waals surface area contributed by atoms with Gasteiger partial charge in [0, 0.05) is 22.5 Å². The lowest BCUT2D eigenvalue weighted by Crippen LogP contribution is -2.63. The van der Waals surface area contributed by atoms with Crippen LogP contribution < -0.4 is 5.32 Å². The Morgan fingerprint density at radius 2 is 1.44 bits per heavy atom. The van der Waals surface area contributed by atoms with E-state index in [1.165, 1.54) is 24.3 Å². The van der Waals surface area contributed by atoms with Crippen LogP contribution in [0.15, 0.2) is 144 Å². The molecule has 6 rings (SSSR count). The molecule has 0 saturated carbocycles. The topological polar surface area (TPSA) is 88.1 Å². The third-order valence-electron chi connectivity index (χ3n) is 9.20. The first-order valence-corrected chi connectivity index (χ1v) is 17.2. The van der Waals surface area contributed by atoms with Gasteiger partial charge in [-0.3, -0.25) is 4.79 Å². The van der Waals surface area contributed by atoms with E-state index in [-0.39, 0.29) is 26.1 Å². The van der Waals surface area contributed by atoms with E-state index in [0.29, 0.717) is 16.8 Å². The molecule has 256 valence electrons. The van der Waals surface area contributed by atoms with Crippen LogP contribution in [0.5, 0.6) is 0 Å². The van der Waals surface area contributed by atoms with Gasteiger partial charge in [-0.25, -0.2) is 14.1 Å². The van der Waals surface area contributed by atoms with Crippen LogP contribution in [0.1, 0.15) is 47.6 Å². The van der Waals surface area contributed by atoms with Crippen LogP contribution in [0.2, 0.25) is 0 Å². The standard InChI is InChI=1S/C41H38BrFN2O5/c1-40(50-27-30-13-7-3-8-14-30,36(31-17-21-33(42)22-18-31)25-37(46)32-19-23-34(43)24-20-32)38(47)45-39(48)49-28-41(45,26-29-11-5-2-6-12-29)44-35-15-9-4-10-16-35/h2-24,36-37,44,46H,25-28H2,1H3. The summed E-state index contributed by atoms with van der Waals surface area (Å²) in [7, 11) is 0. The second-order valence-corrected chi connectivity index (χ2v) is 13.6. The van der Waals surface area contributed by atoms with Gasteiger partial charge in [-0.05, 0) is 72.0 Å². The van der Waals surface area contributed by atoms with Crippen LogP contribution in [0.3, 0.4) is 0 Å². The molecule has 0 bridgehead atoms. The summed E-state index contributed by atoms with van der Waals surface area (Å²) >= 11 is 3.51. The maximum absolute atomic E-state index is 15.5. The molecule has 1 aliphatic heterocycles. The number of anilines is 1. The van der Waals surface area contributed by atoms with Gasteiger partial charge in [0.1, 0.15) is 12.4 Å². The fourth-order valence-corrected chi connectivity index (χ4v) is 6.78. The lowest BCUT2D eigenvalue weighted by Gasteiger charge is -2.43. The molecule has 5 aromatic carbocycles. The van der Waals surface area contributed by atoms with Gasteiger partial charge in [-0.15, -0.1) is 0 Å². The van der Waals surface area contributed by atoms with E-state index >= 15 is 4.79 Å². The smallest absolute Gasteiger partial charge is 0.418 e. The average Bonchev–Trinajstić information content (AvgIpc) is 3.45. The molecule has 1 fully saturated rings. The number of imide groups is 1. The lowest BCUT2D eigenvalue weighted by molar-refractivity contribution is -0.163. The van der Waals surface area contributed by atoms with Crippen LogP contribution in [0.4, 0.5) is 14.9 Å². The highest BCUT2D eigenvalue weighted by Gasteiger charge is 2.58. The number of halogens is 2. The van der Waals surface area contributed by atoms with Crippen molar-refractivity contribution in [2.24, 2.45) is 0 Å². The fourth-order valence-electron chi connectivity index (χ4n) is 6.51. The molecule has 4 unspecified atom stereocenters. The highest BCUT2D eigenvalue weighted by atomic mass is 79.9. The number of ether oxygens (including phenoxy) is 2. The van der Waals surface area contributed by atoms with E-state index in [9.17, 15) is 14.3 Å². The number of carbonyl (C=O) groups excluding carboxylic acids is 2. The van der Waals surface area contributed by atoms with Gasteiger partial charge in [0.2, 0.25) is 0 Å². The number of para-hydroxylation sites is 1. The number of aliphatic hydroxyl groups is 1. The van der Waals surface area contributed by atoms with Crippen molar-refractivity contribution in [3.63, 3.8) is 0 Å². The van der Waals surface area contributed by atoms with Crippen LogP contribution >= 0.6 is 15.9 Å². The van der Waals surface area contributed by atoms with Gasteiger partial charge in [0.15, 0.2) is 11.3 Å². The van der Waals surface area contributed by atoms with Crippen molar-refractivity contribution in [3.05, 3.63) is 172 Å². The normalized spacial score (nSPS) is 18.2.